The number of ether oxygens (including phenoxy) is 1. The molecule has 0 N–H and O–H groups in total. The number of aromatic nitrogens is 1. The summed E-state index contributed by atoms with van der Waals surface area (Å²) in [5.41, 5.74) is -0.461. The first kappa shape index (κ1) is 16.4. The molecule has 2 rings (SSSR count). The van der Waals surface area contributed by atoms with Gasteiger partial charge < -0.3 is 9.15 Å². The van der Waals surface area contributed by atoms with Crippen LogP contribution in [0.1, 0.15) is 27.4 Å². The molecule has 0 aliphatic rings. The first-order valence-corrected chi connectivity index (χ1v) is 7.13. The predicted octanol–water partition coefficient (Wildman–Crippen LogP) is 4.08. The van der Waals surface area contributed by atoms with E-state index >= 15 is 0 Å². The highest BCUT2D eigenvalue weighted by Gasteiger charge is 2.30. The molecule has 2 heterocycles. The van der Waals surface area contributed by atoms with Gasteiger partial charge in [0, 0.05) is 6.20 Å². The van der Waals surface area contributed by atoms with Crippen LogP contribution in [-0.4, -0.2) is 18.1 Å². The van der Waals surface area contributed by atoms with Gasteiger partial charge in [0.2, 0.25) is 0 Å². The highest BCUT2D eigenvalue weighted by Crippen LogP contribution is 2.30. The zero-order valence-electron chi connectivity index (χ0n) is 11.7. The van der Waals surface area contributed by atoms with Gasteiger partial charge in [-0.25, -0.2) is 9.78 Å². The second-order valence-electron chi connectivity index (χ2n) is 4.35. The van der Waals surface area contributed by atoms with Crippen molar-refractivity contribution in [1.82, 2.24) is 4.98 Å². The topological polar surface area (TPSA) is 52.3 Å². The van der Waals surface area contributed by atoms with E-state index in [1.807, 2.05) is 0 Å². The zero-order chi connectivity index (χ0) is 16.3. The maximum absolute atomic E-state index is 12.4. The molecule has 0 amide bonds. The van der Waals surface area contributed by atoms with Gasteiger partial charge in [0.15, 0.2) is 0 Å². The molecule has 0 aliphatic heterocycles. The van der Waals surface area contributed by atoms with Crippen molar-refractivity contribution in [2.24, 2.45) is 0 Å². The fourth-order valence-corrected chi connectivity index (χ4v) is 2.43. The summed E-state index contributed by atoms with van der Waals surface area (Å²) >= 11 is 1.21. The number of rotatable bonds is 4. The molecule has 2 aromatic rings. The molecule has 8 heteroatoms. The first-order chi connectivity index (χ1) is 10.3. The van der Waals surface area contributed by atoms with E-state index in [9.17, 15) is 18.0 Å². The summed E-state index contributed by atoms with van der Waals surface area (Å²) in [5, 5.41) is 0.432. The standard InChI is InChI=1S/C14H12F3NO3S/c1-8-11(13(19)20-2)5-10(21-8)7-22-12-4-3-9(6-18-12)14(15,16)17/h3-6H,7H2,1-2H3. The number of furan rings is 1. The minimum absolute atomic E-state index is 0.332. The van der Waals surface area contributed by atoms with Crippen molar-refractivity contribution in [2.75, 3.05) is 7.11 Å². The molecule has 0 fully saturated rings. The van der Waals surface area contributed by atoms with Crippen molar-refractivity contribution in [3.05, 3.63) is 47.0 Å². The van der Waals surface area contributed by atoms with Crippen molar-refractivity contribution in [1.29, 1.82) is 0 Å². The van der Waals surface area contributed by atoms with Gasteiger partial charge in [-0.1, -0.05) is 11.8 Å². The fraction of sp³-hybridized carbons (Fsp3) is 0.286. The largest absolute Gasteiger partial charge is 0.465 e. The Morgan fingerprint density at radius 1 is 1.41 bits per heavy atom. The van der Waals surface area contributed by atoms with E-state index in [1.165, 1.54) is 24.9 Å². The minimum Gasteiger partial charge on any atom is -0.465 e. The van der Waals surface area contributed by atoms with Gasteiger partial charge in [-0.05, 0) is 25.1 Å². The normalized spacial score (nSPS) is 11.5. The van der Waals surface area contributed by atoms with Crippen molar-refractivity contribution >= 4 is 17.7 Å². The summed E-state index contributed by atoms with van der Waals surface area (Å²) in [4.78, 5) is 15.2. The minimum atomic E-state index is -4.40. The molecule has 0 spiro atoms. The molecular weight excluding hydrogens is 319 g/mol. The van der Waals surface area contributed by atoms with Gasteiger partial charge in [-0.15, -0.1) is 0 Å². The molecule has 0 aromatic carbocycles. The first-order valence-electron chi connectivity index (χ1n) is 6.15. The van der Waals surface area contributed by atoms with E-state index in [2.05, 4.69) is 9.72 Å². The van der Waals surface area contributed by atoms with Crippen LogP contribution in [0.2, 0.25) is 0 Å². The summed E-state index contributed by atoms with van der Waals surface area (Å²) in [6.45, 7) is 1.64. The number of methoxy groups -OCH3 is 1. The SMILES string of the molecule is COC(=O)c1cc(CSc2ccc(C(F)(F)F)cn2)oc1C. The van der Waals surface area contributed by atoms with Crippen molar-refractivity contribution in [3.8, 4) is 0 Å². The molecule has 0 saturated heterocycles. The Morgan fingerprint density at radius 3 is 2.68 bits per heavy atom. The van der Waals surface area contributed by atoms with Crippen LogP contribution in [0, 0.1) is 6.92 Å². The number of hydrogen-bond acceptors (Lipinski definition) is 5. The Kier molecular flexibility index (Phi) is 4.80. The monoisotopic (exact) mass is 331 g/mol. The Labute approximate surface area is 128 Å². The molecule has 4 nitrogen and oxygen atoms in total. The third kappa shape index (κ3) is 3.82. The lowest BCUT2D eigenvalue weighted by Gasteiger charge is -2.06. The van der Waals surface area contributed by atoms with Gasteiger partial charge in [-0.3, -0.25) is 0 Å². The third-order valence-corrected chi connectivity index (χ3v) is 3.77. The maximum Gasteiger partial charge on any atom is 0.417 e. The van der Waals surface area contributed by atoms with Gasteiger partial charge in [0.25, 0.3) is 0 Å². The second-order valence-corrected chi connectivity index (χ2v) is 5.34. The van der Waals surface area contributed by atoms with Crippen molar-refractivity contribution in [3.63, 3.8) is 0 Å². The van der Waals surface area contributed by atoms with Crippen molar-refractivity contribution in [2.45, 2.75) is 23.9 Å². The third-order valence-electron chi connectivity index (χ3n) is 2.80. The van der Waals surface area contributed by atoms with E-state index in [0.717, 1.165) is 12.3 Å². The second kappa shape index (κ2) is 6.43. The molecule has 0 unspecified atom stereocenters. The number of nitrogens with zero attached hydrogens (tertiary/aromatic N) is 1. The van der Waals surface area contributed by atoms with E-state index < -0.39 is 17.7 Å². The van der Waals surface area contributed by atoms with Crippen LogP contribution in [0.3, 0.4) is 0 Å². The van der Waals surface area contributed by atoms with Crippen LogP contribution >= 0.6 is 11.8 Å². The Bertz CT molecular complexity index is 665. The lowest BCUT2D eigenvalue weighted by atomic mass is 10.2. The number of hydrogen-bond donors (Lipinski definition) is 0. The Balaban J connectivity index is 2.03. The number of aryl methyl sites for hydroxylation is 1. The number of pyridine rings is 1. The molecule has 118 valence electrons. The Hall–Kier alpha value is -1.96. The maximum atomic E-state index is 12.4. The average molecular weight is 331 g/mol. The highest BCUT2D eigenvalue weighted by atomic mass is 32.2. The number of halogens is 3. The quantitative estimate of drug-likeness (QED) is 0.624. The number of carbonyl (C=O) groups excluding carboxylic acids is 1. The van der Waals surface area contributed by atoms with E-state index in [-0.39, 0.29) is 0 Å². The molecule has 22 heavy (non-hydrogen) atoms. The van der Waals surface area contributed by atoms with E-state index in [1.54, 1.807) is 13.0 Å². The molecule has 0 radical (unpaired) electrons. The van der Waals surface area contributed by atoms with Crippen LogP contribution in [0.4, 0.5) is 13.2 Å². The van der Waals surface area contributed by atoms with E-state index in [0.29, 0.717) is 27.9 Å². The summed E-state index contributed by atoms with van der Waals surface area (Å²) in [5.74, 6) is 0.800. The number of carbonyl (C=O) groups is 1. The van der Waals surface area contributed by atoms with Crippen LogP contribution < -0.4 is 0 Å². The summed E-state index contributed by atoms with van der Waals surface area (Å²) < 4.78 is 47.3. The van der Waals surface area contributed by atoms with Gasteiger partial charge in [0.05, 0.1) is 23.5 Å². The average Bonchev–Trinajstić information content (AvgIpc) is 2.85. The van der Waals surface area contributed by atoms with Crippen LogP contribution in [-0.2, 0) is 16.7 Å². The van der Waals surface area contributed by atoms with Crippen LogP contribution in [0.5, 0.6) is 0 Å². The van der Waals surface area contributed by atoms with Gasteiger partial charge in [0.1, 0.15) is 17.1 Å². The molecule has 0 atom stereocenters. The number of alkyl halides is 3. The van der Waals surface area contributed by atoms with Crippen LogP contribution in [0.15, 0.2) is 33.8 Å². The summed E-state index contributed by atoms with van der Waals surface area (Å²) in [7, 11) is 1.27. The molecule has 0 bridgehead atoms. The molecule has 0 aliphatic carbocycles. The highest BCUT2D eigenvalue weighted by molar-refractivity contribution is 7.98. The van der Waals surface area contributed by atoms with E-state index in [4.69, 9.17) is 4.42 Å². The fourth-order valence-electron chi connectivity index (χ4n) is 1.71. The van der Waals surface area contributed by atoms with Gasteiger partial charge >= 0.3 is 12.1 Å². The van der Waals surface area contributed by atoms with Crippen LogP contribution in [0.25, 0.3) is 0 Å². The van der Waals surface area contributed by atoms with Crippen molar-refractivity contribution < 1.29 is 27.1 Å². The smallest absolute Gasteiger partial charge is 0.417 e. The molecule has 0 saturated carbocycles. The Morgan fingerprint density at radius 2 is 2.14 bits per heavy atom. The lowest BCUT2D eigenvalue weighted by Crippen LogP contribution is -2.05. The molecule has 2 aromatic heterocycles. The number of thioether (sulfide) groups is 1. The molecular formula is C14H12F3NO3S. The lowest BCUT2D eigenvalue weighted by molar-refractivity contribution is -0.137. The summed E-state index contributed by atoms with van der Waals surface area (Å²) in [6, 6.07) is 3.82. The predicted molar refractivity (Wildman–Crippen MR) is 73.6 cm³/mol. The number of esters is 1. The zero-order valence-corrected chi connectivity index (χ0v) is 12.5. The summed E-state index contributed by atoms with van der Waals surface area (Å²) in [6.07, 6.45) is -3.61. The van der Waals surface area contributed by atoms with Gasteiger partial charge in [-0.2, -0.15) is 13.2 Å².